The van der Waals surface area contributed by atoms with Gasteiger partial charge >= 0.3 is 0 Å². The molecule has 0 fully saturated rings. The van der Waals surface area contributed by atoms with Crippen molar-refractivity contribution in [2.75, 3.05) is 18.0 Å². The Morgan fingerprint density at radius 2 is 2.17 bits per heavy atom. The molecule has 1 amide bonds. The van der Waals surface area contributed by atoms with E-state index in [9.17, 15) is 13.2 Å². The molecule has 1 aliphatic heterocycles. The van der Waals surface area contributed by atoms with E-state index >= 15 is 0 Å². The van der Waals surface area contributed by atoms with Crippen LogP contribution >= 0.6 is 0 Å². The molecular formula is C17H20N2O4S. The Labute approximate surface area is 141 Å². The van der Waals surface area contributed by atoms with Crippen molar-refractivity contribution >= 4 is 21.6 Å². The Balaban J connectivity index is 1.64. The summed E-state index contributed by atoms with van der Waals surface area (Å²) in [6.07, 6.45) is 3.63. The van der Waals surface area contributed by atoms with Gasteiger partial charge in [-0.2, -0.15) is 0 Å². The zero-order valence-corrected chi connectivity index (χ0v) is 14.3. The molecule has 0 radical (unpaired) electrons. The number of nitrogens with one attached hydrogen (secondary N) is 1. The number of amides is 1. The maximum atomic E-state index is 12.4. The van der Waals surface area contributed by atoms with Crippen molar-refractivity contribution in [1.82, 2.24) is 4.72 Å². The molecule has 0 spiro atoms. The van der Waals surface area contributed by atoms with Crippen LogP contribution in [0.25, 0.3) is 0 Å². The fraction of sp³-hybridized carbons (Fsp3) is 0.353. The molecule has 2 aromatic rings. The maximum absolute atomic E-state index is 12.4. The summed E-state index contributed by atoms with van der Waals surface area (Å²) in [6.45, 7) is 2.46. The Hall–Kier alpha value is -2.12. The van der Waals surface area contributed by atoms with E-state index in [0.717, 1.165) is 17.0 Å². The SMILES string of the molecule is CC(=O)N1CCc2cc(S(=O)(=O)NCCCc3ccco3)ccc21. The number of carbonyl (C=O) groups is 1. The van der Waals surface area contributed by atoms with Gasteiger partial charge in [0.2, 0.25) is 15.9 Å². The normalized spacial score (nSPS) is 14.0. The largest absolute Gasteiger partial charge is 0.469 e. The Bertz CT molecular complexity index is 828. The monoisotopic (exact) mass is 348 g/mol. The van der Waals surface area contributed by atoms with Crippen LogP contribution in [-0.4, -0.2) is 27.4 Å². The van der Waals surface area contributed by atoms with Gasteiger partial charge in [-0.05, 0) is 48.7 Å². The first-order valence-corrected chi connectivity index (χ1v) is 9.39. The molecular weight excluding hydrogens is 328 g/mol. The van der Waals surface area contributed by atoms with E-state index in [2.05, 4.69) is 4.72 Å². The highest BCUT2D eigenvalue weighted by Gasteiger charge is 2.24. The summed E-state index contributed by atoms with van der Waals surface area (Å²) in [5, 5.41) is 0. The molecule has 128 valence electrons. The van der Waals surface area contributed by atoms with Crippen molar-refractivity contribution in [3.63, 3.8) is 0 Å². The van der Waals surface area contributed by atoms with Gasteiger partial charge in [-0.15, -0.1) is 0 Å². The van der Waals surface area contributed by atoms with Crippen LogP contribution in [0.4, 0.5) is 5.69 Å². The maximum Gasteiger partial charge on any atom is 0.240 e. The summed E-state index contributed by atoms with van der Waals surface area (Å²) in [5.74, 6) is 0.816. The van der Waals surface area contributed by atoms with Crippen LogP contribution in [0.3, 0.4) is 0 Å². The van der Waals surface area contributed by atoms with E-state index < -0.39 is 10.0 Å². The van der Waals surface area contributed by atoms with Crippen LogP contribution in [0.2, 0.25) is 0 Å². The Kier molecular flexibility index (Phi) is 4.73. The fourth-order valence-corrected chi connectivity index (χ4v) is 4.00. The van der Waals surface area contributed by atoms with Crippen LogP contribution in [-0.2, 0) is 27.7 Å². The van der Waals surface area contributed by atoms with Gasteiger partial charge in [0, 0.05) is 32.1 Å². The van der Waals surface area contributed by atoms with E-state index in [1.165, 1.54) is 6.92 Å². The molecule has 1 aromatic heterocycles. The van der Waals surface area contributed by atoms with E-state index in [1.807, 2.05) is 12.1 Å². The van der Waals surface area contributed by atoms with Crippen molar-refractivity contribution in [2.24, 2.45) is 0 Å². The highest BCUT2D eigenvalue weighted by atomic mass is 32.2. The smallest absolute Gasteiger partial charge is 0.240 e. The predicted octanol–water partition coefficient (Wildman–Crippen LogP) is 2.10. The van der Waals surface area contributed by atoms with Gasteiger partial charge < -0.3 is 9.32 Å². The highest BCUT2D eigenvalue weighted by molar-refractivity contribution is 7.89. The third kappa shape index (κ3) is 3.52. The van der Waals surface area contributed by atoms with Crippen LogP contribution in [0.1, 0.15) is 24.7 Å². The van der Waals surface area contributed by atoms with Crippen LogP contribution in [0.15, 0.2) is 45.9 Å². The average Bonchev–Trinajstić information content (AvgIpc) is 3.20. The minimum atomic E-state index is -3.54. The summed E-state index contributed by atoms with van der Waals surface area (Å²) in [4.78, 5) is 13.5. The van der Waals surface area contributed by atoms with E-state index in [-0.39, 0.29) is 10.8 Å². The number of fused-ring (bicyclic) bond motifs is 1. The Morgan fingerprint density at radius 1 is 1.33 bits per heavy atom. The van der Waals surface area contributed by atoms with Crippen LogP contribution in [0, 0.1) is 0 Å². The molecule has 0 saturated heterocycles. The second-order valence-corrected chi connectivity index (χ2v) is 7.56. The van der Waals surface area contributed by atoms with Gasteiger partial charge in [0.25, 0.3) is 0 Å². The Morgan fingerprint density at radius 3 is 2.88 bits per heavy atom. The predicted molar refractivity (Wildman–Crippen MR) is 90.4 cm³/mol. The number of aryl methyl sites for hydroxylation is 1. The molecule has 1 aliphatic rings. The van der Waals surface area contributed by atoms with E-state index in [4.69, 9.17) is 4.42 Å². The zero-order chi connectivity index (χ0) is 17.2. The number of benzene rings is 1. The summed E-state index contributed by atoms with van der Waals surface area (Å²) >= 11 is 0. The van der Waals surface area contributed by atoms with Gasteiger partial charge in [-0.3, -0.25) is 4.79 Å². The van der Waals surface area contributed by atoms with Gasteiger partial charge in [0.15, 0.2) is 0 Å². The molecule has 2 heterocycles. The molecule has 0 atom stereocenters. The number of hydrogen-bond acceptors (Lipinski definition) is 4. The first kappa shape index (κ1) is 16.7. The van der Waals surface area contributed by atoms with E-state index in [1.54, 1.807) is 29.4 Å². The molecule has 1 N–H and O–H groups in total. The molecule has 24 heavy (non-hydrogen) atoms. The fourth-order valence-electron chi connectivity index (χ4n) is 2.88. The third-order valence-electron chi connectivity index (χ3n) is 4.11. The molecule has 3 rings (SSSR count). The van der Waals surface area contributed by atoms with Crippen LogP contribution < -0.4 is 9.62 Å². The van der Waals surface area contributed by atoms with E-state index in [0.29, 0.717) is 32.4 Å². The first-order chi connectivity index (χ1) is 11.5. The molecule has 0 aliphatic carbocycles. The molecule has 7 heteroatoms. The lowest BCUT2D eigenvalue weighted by atomic mass is 10.2. The minimum absolute atomic E-state index is 0.0274. The molecule has 1 aromatic carbocycles. The highest BCUT2D eigenvalue weighted by Crippen LogP contribution is 2.30. The number of carbonyl (C=O) groups excluding carboxylic acids is 1. The molecule has 0 bridgehead atoms. The van der Waals surface area contributed by atoms with Gasteiger partial charge in [0.05, 0.1) is 11.2 Å². The lowest BCUT2D eigenvalue weighted by Crippen LogP contribution is -2.26. The number of anilines is 1. The summed E-state index contributed by atoms with van der Waals surface area (Å²) in [6, 6.07) is 8.60. The summed E-state index contributed by atoms with van der Waals surface area (Å²) < 4.78 is 32.6. The van der Waals surface area contributed by atoms with Gasteiger partial charge in [-0.25, -0.2) is 13.1 Å². The topological polar surface area (TPSA) is 79.6 Å². The standard InChI is InChI=1S/C17H20N2O4S/c1-13(20)19-10-8-14-12-16(6-7-17(14)19)24(21,22)18-9-2-4-15-5-3-11-23-15/h3,5-7,11-12,18H,2,4,8-10H2,1H3. The second kappa shape index (κ2) is 6.78. The van der Waals surface area contributed by atoms with Gasteiger partial charge in [-0.1, -0.05) is 0 Å². The number of sulfonamides is 1. The molecule has 0 unspecified atom stereocenters. The van der Waals surface area contributed by atoms with Crippen molar-refractivity contribution < 1.29 is 17.6 Å². The third-order valence-corrected chi connectivity index (χ3v) is 5.57. The van der Waals surface area contributed by atoms with Crippen molar-refractivity contribution in [3.05, 3.63) is 47.9 Å². The zero-order valence-electron chi connectivity index (χ0n) is 13.5. The minimum Gasteiger partial charge on any atom is -0.469 e. The average molecular weight is 348 g/mol. The second-order valence-electron chi connectivity index (χ2n) is 5.79. The number of nitrogens with zero attached hydrogens (tertiary/aromatic N) is 1. The molecule has 0 saturated carbocycles. The van der Waals surface area contributed by atoms with Crippen LogP contribution in [0.5, 0.6) is 0 Å². The van der Waals surface area contributed by atoms with Crippen molar-refractivity contribution in [1.29, 1.82) is 0 Å². The summed E-state index contributed by atoms with van der Waals surface area (Å²) in [5.41, 5.74) is 1.70. The van der Waals surface area contributed by atoms with Crippen molar-refractivity contribution in [2.45, 2.75) is 31.1 Å². The lowest BCUT2D eigenvalue weighted by Gasteiger charge is -2.15. The summed E-state index contributed by atoms with van der Waals surface area (Å²) in [7, 11) is -3.54. The van der Waals surface area contributed by atoms with Crippen molar-refractivity contribution in [3.8, 4) is 0 Å². The van der Waals surface area contributed by atoms with Gasteiger partial charge in [0.1, 0.15) is 5.76 Å². The number of furan rings is 1. The quantitative estimate of drug-likeness (QED) is 0.811. The molecule has 6 nitrogen and oxygen atoms in total. The lowest BCUT2D eigenvalue weighted by molar-refractivity contribution is -0.116. The first-order valence-electron chi connectivity index (χ1n) is 7.90. The number of rotatable bonds is 6. The number of hydrogen-bond donors (Lipinski definition) is 1.